The Kier molecular flexibility index (Phi) is 2.08. The molecular weight excluding hydrogens is 144 g/mol. The molecule has 66 valence electrons. The van der Waals surface area contributed by atoms with Gasteiger partial charge in [-0.25, -0.2) is 0 Å². The molecule has 0 nitrogen and oxygen atoms in total. The fourth-order valence-corrected chi connectivity index (χ4v) is 2.26. The number of rotatable bonds is 1. The molecular formula is C12H18. The maximum atomic E-state index is 2.47. The molecule has 0 unspecified atom stereocenters. The van der Waals surface area contributed by atoms with Crippen LogP contribution in [0.5, 0.6) is 0 Å². The molecule has 12 heavy (non-hydrogen) atoms. The van der Waals surface area contributed by atoms with E-state index in [1.54, 1.807) is 16.7 Å². The summed E-state index contributed by atoms with van der Waals surface area (Å²) in [6, 6.07) is 0. The van der Waals surface area contributed by atoms with Crippen molar-refractivity contribution in [1.29, 1.82) is 0 Å². The van der Waals surface area contributed by atoms with E-state index in [1.807, 2.05) is 0 Å². The first-order valence-electron chi connectivity index (χ1n) is 5.18. The van der Waals surface area contributed by atoms with Gasteiger partial charge in [0.2, 0.25) is 0 Å². The molecule has 0 heteroatoms. The van der Waals surface area contributed by atoms with Crippen LogP contribution in [0.25, 0.3) is 0 Å². The Bertz CT molecular complexity index is 241. The lowest BCUT2D eigenvalue weighted by Crippen LogP contribution is -1.94. The van der Waals surface area contributed by atoms with E-state index in [1.165, 1.54) is 32.1 Å². The average molecular weight is 162 g/mol. The molecule has 0 radical (unpaired) electrons. The maximum Gasteiger partial charge on any atom is -0.00968 e. The molecule has 0 aromatic carbocycles. The van der Waals surface area contributed by atoms with Crippen molar-refractivity contribution in [3.05, 3.63) is 22.8 Å². The van der Waals surface area contributed by atoms with Crippen molar-refractivity contribution >= 4 is 0 Å². The highest BCUT2D eigenvalue weighted by atomic mass is 14.2. The SMILES string of the molecule is CC(C)C1=CC2=C(CCCC2)C1. The van der Waals surface area contributed by atoms with Crippen LogP contribution >= 0.6 is 0 Å². The quantitative estimate of drug-likeness (QED) is 0.549. The van der Waals surface area contributed by atoms with Crippen molar-refractivity contribution in [3.63, 3.8) is 0 Å². The number of hydrogen-bond donors (Lipinski definition) is 0. The van der Waals surface area contributed by atoms with Crippen molar-refractivity contribution in [2.75, 3.05) is 0 Å². The van der Waals surface area contributed by atoms with Gasteiger partial charge in [0.15, 0.2) is 0 Å². The minimum atomic E-state index is 0.760. The highest BCUT2D eigenvalue weighted by molar-refractivity contribution is 5.40. The minimum Gasteiger partial charge on any atom is -0.0633 e. The molecule has 0 saturated heterocycles. The summed E-state index contributed by atoms with van der Waals surface area (Å²) in [7, 11) is 0. The van der Waals surface area contributed by atoms with E-state index in [2.05, 4.69) is 19.9 Å². The predicted octanol–water partition coefficient (Wildman–Crippen LogP) is 3.84. The summed E-state index contributed by atoms with van der Waals surface area (Å²) in [5.41, 5.74) is 5.11. The lowest BCUT2D eigenvalue weighted by atomic mass is 9.93. The van der Waals surface area contributed by atoms with Gasteiger partial charge in [-0.05, 0) is 43.6 Å². The predicted molar refractivity (Wildman–Crippen MR) is 53.0 cm³/mol. The third kappa shape index (κ3) is 1.35. The minimum absolute atomic E-state index is 0.760. The van der Waals surface area contributed by atoms with Crippen LogP contribution in [-0.4, -0.2) is 0 Å². The van der Waals surface area contributed by atoms with Crippen LogP contribution in [0.1, 0.15) is 46.0 Å². The summed E-state index contributed by atoms with van der Waals surface area (Å²) in [6.07, 6.45) is 9.35. The van der Waals surface area contributed by atoms with Crippen molar-refractivity contribution < 1.29 is 0 Å². The first kappa shape index (κ1) is 8.10. The van der Waals surface area contributed by atoms with Gasteiger partial charge in [-0.1, -0.05) is 31.1 Å². The fourth-order valence-electron chi connectivity index (χ4n) is 2.26. The van der Waals surface area contributed by atoms with E-state index in [0.717, 1.165) is 5.92 Å². The molecule has 0 spiro atoms. The largest absolute Gasteiger partial charge is 0.0633 e. The van der Waals surface area contributed by atoms with E-state index in [4.69, 9.17) is 0 Å². The van der Waals surface area contributed by atoms with Gasteiger partial charge in [0.25, 0.3) is 0 Å². The van der Waals surface area contributed by atoms with E-state index < -0.39 is 0 Å². The zero-order valence-electron chi connectivity index (χ0n) is 8.19. The zero-order chi connectivity index (χ0) is 8.55. The molecule has 0 aromatic rings. The highest BCUT2D eigenvalue weighted by Gasteiger charge is 2.19. The maximum absolute atomic E-state index is 2.47. The Hall–Kier alpha value is -0.520. The van der Waals surface area contributed by atoms with Gasteiger partial charge in [-0.15, -0.1) is 0 Å². The Labute approximate surface area is 75.4 Å². The molecule has 0 amide bonds. The first-order valence-corrected chi connectivity index (χ1v) is 5.18. The molecule has 0 bridgehead atoms. The van der Waals surface area contributed by atoms with Gasteiger partial charge in [-0.3, -0.25) is 0 Å². The van der Waals surface area contributed by atoms with Crippen LogP contribution in [0.15, 0.2) is 22.8 Å². The van der Waals surface area contributed by atoms with Crippen LogP contribution in [0.3, 0.4) is 0 Å². The van der Waals surface area contributed by atoms with E-state index in [0.29, 0.717) is 0 Å². The third-order valence-electron chi connectivity index (χ3n) is 3.15. The second-order valence-electron chi connectivity index (χ2n) is 4.39. The molecule has 0 atom stereocenters. The molecule has 2 aliphatic rings. The highest BCUT2D eigenvalue weighted by Crippen LogP contribution is 2.38. The molecule has 2 aliphatic carbocycles. The normalized spacial score (nSPS) is 23.1. The Balaban J connectivity index is 2.13. The summed E-state index contributed by atoms with van der Waals surface area (Å²) in [4.78, 5) is 0. The number of allylic oxidation sites excluding steroid dienone is 4. The Morgan fingerprint density at radius 1 is 1.17 bits per heavy atom. The van der Waals surface area contributed by atoms with Crippen LogP contribution < -0.4 is 0 Å². The molecule has 0 aliphatic heterocycles. The molecule has 0 heterocycles. The number of hydrogen-bond acceptors (Lipinski definition) is 0. The van der Waals surface area contributed by atoms with Gasteiger partial charge in [-0.2, -0.15) is 0 Å². The van der Waals surface area contributed by atoms with Crippen LogP contribution in [0, 0.1) is 5.92 Å². The van der Waals surface area contributed by atoms with Crippen LogP contribution in [0.4, 0.5) is 0 Å². The molecule has 0 N–H and O–H groups in total. The summed E-state index contributed by atoms with van der Waals surface area (Å²) >= 11 is 0. The smallest absolute Gasteiger partial charge is 0.00968 e. The zero-order valence-corrected chi connectivity index (χ0v) is 8.19. The van der Waals surface area contributed by atoms with Crippen LogP contribution in [-0.2, 0) is 0 Å². The summed E-state index contributed by atoms with van der Waals surface area (Å²) < 4.78 is 0. The van der Waals surface area contributed by atoms with Crippen LogP contribution in [0.2, 0.25) is 0 Å². The molecule has 2 rings (SSSR count). The van der Waals surface area contributed by atoms with Gasteiger partial charge in [0, 0.05) is 0 Å². The van der Waals surface area contributed by atoms with Gasteiger partial charge >= 0.3 is 0 Å². The topological polar surface area (TPSA) is 0 Å². The first-order chi connectivity index (χ1) is 5.77. The van der Waals surface area contributed by atoms with Crippen molar-refractivity contribution in [2.24, 2.45) is 5.92 Å². The lowest BCUT2D eigenvalue weighted by Gasteiger charge is -2.13. The summed E-state index contributed by atoms with van der Waals surface area (Å²) in [5, 5.41) is 0. The van der Waals surface area contributed by atoms with Gasteiger partial charge in [0.05, 0.1) is 0 Å². The molecule has 0 aromatic heterocycles. The Morgan fingerprint density at radius 3 is 2.58 bits per heavy atom. The second-order valence-corrected chi connectivity index (χ2v) is 4.39. The van der Waals surface area contributed by atoms with E-state index in [9.17, 15) is 0 Å². The van der Waals surface area contributed by atoms with Crippen molar-refractivity contribution in [1.82, 2.24) is 0 Å². The Morgan fingerprint density at radius 2 is 1.92 bits per heavy atom. The van der Waals surface area contributed by atoms with Gasteiger partial charge < -0.3 is 0 Å². The standard InChI is InChI=1S/C12H18/c1-9(2)12-7-10-5-3-4-6-11(10)8-12/h7,9H,3-6,8H2,1-2H3. The summed E-state index contributed by atoms with van der Waals surface area (Å²) in [6.45, 7) is 4.62. The van der Waals surface area contributed by atoms with E-state index in [-0.39, 0.29) is 0 Å². The van der Waals surface area contributed by atoms with Crippen molar-refractivity contribution in [2.45, 2.75) is 46.0 Å². The lowest BCUT2D eigenvalue weighted by molar-refractivity contribution is 0.670. The second kappa shape index (κ2) is 3.08. The average Bonchev–Trinajstić information content (AvgIpc) is 2.46. The van der Waals surface area contributed by atoms with E-state index >= 15 is 0 Å². The summed E-state index contributed by atoms with van der Waals surface area (Å²) in [5.74, 6) is 0.760. The van der Waals surface area contributed by atoms with Crippen molar-refractivity contribution in [3.8, 4) is 0 Å². The fraction of sp³-hybridized carbons (Fsp3) is 0.667. The molecule has 0 saturated carbocycles. The van der Waals surface area contributed by atoms with Gasteiger partial charge in [0.1, 0.15) is 0 Å². The third-order valence-corrected chi connectivity index (χ3v) is 3.15. The molecule has 0 fully saturated rings. The monoisotopic (exact) mass is 162 g/mol.